The molecule has 1 atom stereocenters. The summed E-state index contributed by atoms with van der Waals surface area (Å²) in [5, 5.41) is 6.80. The van der Waals surface area contributed by atoms with Gasteiger partial charge in [-0.25, -0.2) is 14.4 Å². The SMILES string of the molecule is Cc1cn2c(NCc3c(F)ccc4c3CCO4)ncc(-c3ccc(C4COCCN4)cc3)c2n1. The minimum absolute atomic E-state index is 0.214. The van der Waals surface area contributed by atoms with Crippen molar-refractivity contribution in [3.8, 4) is 16.9 Å². The molecule has 174 valence electrons. The molecule has 2 aromatic carbocycles. The lowest BCUT2D eigenvalue weighted by atomic mass is 10.0. The summed E-state index contributed by atoms with van der Waals surface area (Å²) in [7, 11) is 0. The quantitative estimate of drug-likeness (QED) is 0.469. The van der Waals surface area contributed by atoms with E-state index in [4.69, 9.17) is 14.5 Å². The molecule has 0 radical (unpaired) electrons. The second-order valence-electron chi connectivity index (χ2n) is 8.73. The summed E-state index contributed by atoms with van der Waals surface area (Å²) in [4.78, 5) is 9.42. The number of aromatic nitrogens is 3. The van der Waals surface area contributed by atoms with Crippen molar-refractivity contribution < 1.29 is 13.9 Å². The van der Waals surface area contributed by atoms with Gasteiger partial charge >= 0.3 is 0 Å². The van der Waals surface area contributed by atoms with Crippen LogP contribution in [0.2, 0.25) is 0 Å². The van der Waals surface area contributed by atoms with Crippen molar-refractivity contribution in [2.75, 3.05) is 31.7 Å². The highest BCUT2D eigenvalue weighted by Gasteiger charge is 2.20. The van der Waals surface area contributed by atoms with E-state index in [0.29, 0.717) is 37.7 Å². The topological polar surface area (TPSA) is 72.7 Å². The summed E-state index contributed by atoms with van der Waals surface area (Å²) < 4.78 is 27.7. The van der Waals surface area contributed by atoms with E-state index in [-0.39, 0.29) is 11.9 Å². The largest absolute Gasteiger partial charge is 0.493 e. The lowest BCUT2D eigenvalue weighted by Gasteiger charge is -2.24. The maximum absolute atomic E-state index is 14.6. The number of rotatable bonds is 5. The van der Waals surface area contributed by atoms with Gasteiger partial charge in [0.15, 0.2) is 0 Å². The Labute approximate surface area is 197 Å². The molecule has 0 amide bonds. The van der Waals surface area contributed by atoms with Crippen LogP contribution in [0.4, 0.5) is 10.3 Å². The molecule has 1 unspecified atom stereocenters. The summed E-state index contributed by atoms with van der Waals surface area (Å²) in [6.07, 6.45) is 4.49. The first kappa shape index (κ1) is 21.1. The Morgan fingerprint density at radius 2 is 2.06 bits per heavy atom. The summed E-state index contributed by atoms with van der Waals surface area (Å²) in [5.41, 5.74) is 6.44. The number of ether oxygens (including phenoxy) is 2. The lowest BCUT2D eigenvalue weighted by molar-refractivity contribution is 0.0769. The van der Waals surface area contributed by atoms with Gasteiger partial charge in [-0.05, 0) is 30.2 Å². The molecule has 0 saturated carbocycles. The number of morpholine rings is 1. The number of fused-ring (bicyclic) bond motifs is 2. The second-order valence-corrected chi connectivity index (χ2v) is 8.73. The molecule has 0 bridgehead atoms. The molecule has 1 fully saturated rings. The van der Waals surface area contributed by atoms with Crippen LogP contribution in [-0.2, 0) is 17.7 Å². The van der Waals surface area contributed by atoms with Gasteiger partial charge in [0.2, 0.25) is 5.95 Å². The zero-order valence-corrected chi connectivity index (χ0v) is 19.0. The summed E-state index contributed by atoms with van der Waals surface area (Å²) >= 11 is 0. The number of imidazole rings is 1. The predicted molar refractivity (Wildman–Crippen MR) is 128 cm³/mol. The molecule has 2 aromatic heterocycles. The third-order valence-corrected chi connectivity index (χ3v) is 6.52. The van der Waals surface area contributed by atoms with Crippen molar-refractivity contribution in [1.82, 2.24) is 19.7 Å². The first-order valence-electron chi connectivity index (χ1n) is 11.6. The molecular formula is C26H26FN5O2. The van der Waals surface area contributed by atoms with E-state index >= 15 is 0 Å². The van der Waals surface area contributed by atoms with E-state index in [2.05, 4.69) is 39.9 Å². The Kier molecular flexibility index (Phi) is 5.39. The van der Waals surface area contributed by atoms with Gasteiger partial charge in [-0.1, -0.05) is 24.3 Å². The van der Waals surface area contributed by atoms with Crippen LogP contribution >= 0.6 is 0 Å². The third kappa shape index (κ3) is 3.78. The highest BCUT2D eigenvalue weighted by atomic mass is 19.1. The van der Waals surface area contributed by atoms with Crippen LogP contribution in [0.3, 0.4) is 0 Å². The van der Waals surface area contributed by atoms with Gasteiger partial charge < -0.3 is 20.1 Å². The van der Waals surface area contributed by atoms with Crippen LogP contribution in [0.25, 0.3) is 16.8 Å². The van der Waals surface area contributed by atoms with Crippen molar-refractivity contribution >= 4 is 11.6 Å². The summed E-state index contributed by atoms with van der Waals surface area (Å²) in [6.45, 7) is 5.17. The van der Waals surface area contributed by atoms with Crippen molar-refractivity contribution in [1.29, 1.82) is 0 Å². The zero-order chi connectivity index (χ0) is 23.1. The van der Waals surface area contributed by atoms with Crippen molar-refractivity contribution in [2.45, 2.75) is 25.9 Å². The smallest absolute Gasteiger partial charge is 0.208 e. The van der Waals surface area contributed by atoms with Crippen LogP contribution in [-0.4, -0.2) is 40.7 Å². The van der Waals surface area contributed by atoms with E-state index in [1.807, 2.05) is 23.7 Å². The first-order valence-corrected chi connectivity index (χ1v) is 11.6. The molecule has 7 nitrogen and oxygen atoms in total. The minimum atomic E-state index is -0.232. The van der Waals surface area contributed by atoms with Gasteiger partial charge in [-0.3, -0.25) is 4.40 Å². The first-order chi connectivity index (χ1) is 16.7. The monoisotopic (exact) mass is 459 g/mol. The molecule has 4 aromatic rings. The van der Waals surface area contributed by atoms with E-state index < -0.39 is 0 Å². The number of anilines is 1. The summed E-state index contributed by atoms with van der Waals surface area (Å²) in [6, 6.07) is 11.8. The predicted octanol–water partition coefficient (Wildman–Crippen LogP) is 4.05. The van der Waals surface area contributed by atoms with E-state index in [1.165, 1.54) is 11.6 Å². The molecule has 2 N–H and O–H groups in total. The molecule has 34 heavy (non-hydrogen) atoms. The Hall–Kier alpha value is -3.49. The maximum atomic E-state index is 14.6. The highest BCUT2D eigenvalue weighted by Crippen LogP contribution is 2.31. The molecule has 0 spiro atoms. The fourth-order valence-corrected chi connectivity index (χ4v) is 4.78. The molecule has 2 aliphatic rings. The number of hydrogen-bond donors (Lipinski definition) is 2. The van der Waals surface area contributed by atoms with Crippen LogP contribution in [0, 0.1) is 12.7 Å². The van der Waals surface area contributed by atoms with Crippen molar-refractivity contribution in [3.63, 3.8) is 0 Å². The zero-order valence-electron chi connectivity index (χ0n) is 19.0. The van der Waals surface area contributed by atoms with Crippen molar-refractivity contribution in [2.24, 2.45) is 0 Å². The second kappa shape index (κ2) is 8.70. The van der Waals surface area contributed by atoms with Crippen LogP contribution in [0.5, 0.6) is 5.75 Å². The Morgan fingerprint density at radius 3 is 2.88 bits per heavy atom. The number of benzene rings is 2. The Bertz CT molecular complexity index is 1350. The van der Waals surface area contributed by atoms with E-state index in [1.54, 1.807) is 6.07 Å². The van der Waals surface area contributed by atoms with Gasteiger partial charge in [0.25, 0.3) is 0 Å². The third-order valence-electron chi connectivity index (χ3n) is 6.52. The molecule has 4 heterocycles. The van der Waals surface area contributed by atoms with Gasteiger partial charge in [0.05, 0.1) is 31.6 Å². The fraction of sp³-hybridized carbons (Fsp3) is 0.308. The van der Waals surface area contributed by atoms with Gasteiger partial charge in [0.1, 0.15) is 17.2 Å². The van der Waals surface area contributed by atoms with E-state index in [0.717, 1.165) is 46.9 Å². The average molecular weight is 460 g/mol. The standard InChI is InChI=1S/C26H26FN5O2/c1-16-14-32-25(31-16)20(17-2-4-18(5-3-17)23-15-33-11-9-28-23)12-29-26(32)30-13-21-19-8-10-34-24(19)7-6-22(21)27/h2-7,12,14,23,28H,8-11,13,15H2,1H3,(H,29,30). The average Bonchev–Trinajstić information content (AvgIpc) is 3.50. The van der Waals surface area contributed by atoms with Crippen molar-refractivity contribution in [3.05, 3.63) is 77.0 Å². The molecule has 0 aliphatic carbocycles. The molecular weight excluding hydrogens is 433 g/mol. The van der Waals surface area contributed by atoms with Gasteiger partial charge in [0, 0.05) is 48.6 Å². The Morgan fingerprint density at radius 1 is 1.18 bits per heavy atom. The number of aryl methyl sites for hydroxylation is 1. The highest BCUT2D eigenvalue weighted by molar-refractivity contribution is 5.78. The van der Waals surface area contributed by atoms with Crippen LogP contribution < -0.4 is 15.4 Å². The molecule has 1 saturated heterocycles. The molecule has 8 heteroatoms. The lowest BCUT2D eigenvalue weighted by Crippen LogP contribution is -2.34. The van der Waals surface area contributed by atoms with Crippen LogP contribution in [0.15, 0.2) is 48.8 Å². The summed E-state index contributed by atoms with van der Waals surface area (Å²) in [5.74, 6) is 1.16. The fourth-order valence-electron chi connectivity index (χ4n) is 4.78. The van der Waals surface area contributed by atoms with E-state index in [9.17, 15) is 4.39 Å². The number of nitrogens with one attached hydrogen (secondary N) is 2. The van der Waals surface area contributed by atoms with Gasteiger partial charge in [-0.15, -0.1) is 0 Å². The Balaban J connectivity index is 1.29. The van der Waals surface area contributed by atoms with Crippen LogP contribution in [0.1, 0.15) is 28.4 Å². The van der Waals surface area contributed by atoms with Gasteiger partial charge in [-0.2, -0.15) is 0 Å². The maximum Gasteiger partial charge on any atom is 0.208 e. The number of nitrogens with zero attached hydrogens (tertiary/aromatic N) is 3. The number of hydrogen-bond acceptors (Lipinski definition) is 6. The normalized spacial score (nSPS) is 17.5. The minimum Gasteiger partial charge on any atom is -0.493 e. The molecule has 6 rings (SSSR count). The number of halogens is 1. The molecule has 2 aliphatic heterocycles.